The van der Waals surface area contributed by atoms with Gasteiger partial charge in [0.25, 0.3) is 0 Å². The molecule has 0 aliphatic carbocycles. The molecule has 19 heavy (non-hydrogen) atoms. The van der Waals surface area contributed by atoms with E-state index < -0.39 is 0 Å². The quantitative estimate of drug-likeness (QED) is 0.843. The van der Waals surface area contributed by atoms with E-state index in [1.54, 1.807) is 0 Å². The number of likely N-dealkylation sites (tertiary alicyclic amines) is 1. The summed E-state index contributed by atoms with van der Waals surface area (Å²) in [4.78, 5) is 15.4. The molecule has 1 saturated heterocycles. The summed E-state index contributed by atoms with van der Waals surface area (Å²) in [6.07, 6.45) is 3.09. The number of anilines is 2. The van der Waals surface area contributed by atoms with Gasteiger partial charge in [-0.3, -0.25) is 4.79 Å². The van der Waals surface area contributed by atoms with Gasteiger partial charge in [0.2, 0.25) is 6.41 Å². The number of piperidine rings is 1. The number of hydrogen-bond acceptors (Lipinski definition) is 3. The molecule has 104 valence electrons. The van der Waals surface area contributed by atoms with E-state index >= 15 is 0 Å². The van der Waals surface area contributed by atoms with Gasteiger partial charge in [0.1, 0.15) is 0 Å². The molecule has 1 aliphatic rings. The standard InChI is InChI=1S/C15H23N3O/c1-12-4-5-15(14(10-12)16-11-19)18(3)13-6-8-17(2)9-7-13/h4-5,10-11,13H,6-9H2,1-3H3,(H,16,19). The molecule has 4 heteroatoms. The zero-order valence-corrected chi connectivity index (χ0v) is 12.0. The normalized spacial score (nSPS) is 17.2. The van der Waals surface area contributed by atoms with Crippen LogP contribution in [0.15, 0.2) is 18.2 Å². The Kier molecular flexibility index (Phi) is 4.43. The van der Waals surface area contributed by atoms with Crippen molar-refractivity contribution in [3.63, 3.8) is 0 Å². The van der Waals surface area contributed by atoms with Crippen molar-refractivity contribution in [1.29, 1.82) is 0 Å². The van der Waals surface area contributed by atoms with Gasteiger partial charge in [-0.2, -0.15) is 0 Å². The number of rotatable bonds is 4. The first-order chi connectivity index (χ1) is 9.11. The van der Waals surface area contributed by atoms with Crippen molar-refractivity contribution in [3.05, 3.63) is 23.8 Å². The number of benzene rings is 1. The third-order valence-electron chi connectivity index (χ3n) is 3.98. The summed E-state index contributed by atoms with van der Waals surface area (Å²) < 4.78 is 0. The number of nitrogens with one attached hydrogen (secondary N) is 1. The maximum Gasteiger partial charge on any atom is 0.211 e. The second-order valence-corrected chi connectivity index (χ2v) is 5.43. The predicted octanol–water partition coefficient (Wildman–Crippen LogP) is 2.09. The SMILES string of the molecule is Cc1ccc(N(C)C2CCN(C)CC2)c(NC=O)c1. The summed E-state index contributed by atoms with van der Waals surface area (Å²) in [5.74, 6) is 0. The number of carbonyl (C=O) groups is 1. The summed E-state index contributed by atoms with van der Waals surface area (Å²) >= 11 is 0. The molecule has 0 bridgehead atoms. The molecule has 0 aromatic heterocycles. The van der Waals surface area contributed by atoms with Crippen LogP contribution in [0.5, 0.6) is 0 Å². The number of hydrogen-bond donors (Lipinski definition) is 1. The van der Waals surface area contributed by atoms with Gasteiger partial charge < -0.3 is 15.1 Å². The fourth-order valence-corrected chi connectivity index (χ4v) is 2.72. The van der Waals surface area contributed by atoms with Crippen LogP contribution in [-0.4, -0.2) is 44.5 Å². The van der Waals surface area contributed by atoms with Gasteiger partial charge in [-0.15, -0.1) is 0 Å². The van der Waals surface area contributed by atoms with Crippen LogP contribution in [0.1, 0.15) is 18.4 Å². The molecular weight excluding hydrogens is 238 g/mol. The van der Waals surface area contributed by atoms with Gasteiger partial charge in [-0.1, -0.05) is 6.07 Å². The van der Waals surface area contributed by atoms with E-state index in [0.29, 0.717) is 6.04 Å². The van der Waals surface area contributed by atoms with E-state index in [1.807, 2.05) is 13.0 Å². The molecule has 1 aromatic rings. The molecular formula is C15H23N3O. The fraction of sp³-hybridized carbons (Fsp3) is 0.533. The Hall–Kier alpha value is -1.55. The van der Waals surface area contributed by atoms with Crippen molar-refractivity contribution in [2.75, 3.05) is 37.4 Å². The molecule has 1 fully saturated rings. The van der Waals surface area contributed by atoms with Crippen LogP contribution in [-0.2, 0) is 4.79 Å². The minimum absolute atomic E-state index is 0.547. The van der Waals surface area contributed by atoms with Gasteiger partial charge in [-0.25, -0.2) is 0 Å². The van der Waals surface area contributed by atoms with Crippen molar-refractivity contribution in [2.24, 2.45) is 0 Å². The third kappa shape index (κ3) is 3.26. The summed E-state index contributed by atoms with van der Waals surface area (Å²) in [7, 11) is 4.29. The van der Waals surface area contributed by atoms with E-state index in [2.05, 4.69) is 41.3 Å². The monoisotopic (exact) mass is 261 g/mol. The van der Waals surface area contributed by atoms with Crippen LogP contribution >= 0.6 is 0 Å². The number of nitrogens with zero attached hydrogens (tertiary/aromatic N) is 2. The molecule has 1 aliphatic heterocycles. The molecule has 4 nitrogen and oxygen atoms in total. The first-order valence-electron chi connectivity index (χ1n) is 6.84. The van der Waals surface area contributed by atoms with E-state index in [1.165, 1.54) is 12.8 Å². The van der Waals surface area contributed by atoms with Crippen molar-refractivity contribution < 1.29 is 4.79 Å². The Morgan fingerprint density at radius 3 is 2.68 bits per heavy atom. The Bertz CT molecular complexity index is 439. The molecule has 0 saturated carbocycles. The van der Waals surface area contributed by atoms with Gasteiger partial charge in [-0.05, 0) is 57.6 Å². The van der Waals surface area contributed by atoms with Crippen LogP contribution in [0.4, 0.5) is 11.4 Å². The lowest BCUT2D eigenvalue weighted by Crippen LogP contribution is -2.42. The average molecular weight is 261 g/mol. The minimum Gasteiger partial charge on any atom is -0.370 e. The molecule has 1 amide bonds. The largest absolute Gasteiger partial charge is 0.370 e. The molecule has 1 heterocycles. The van der Waals surface area contributed by atoms with Gasteiger partial charge >= 0.3 is 0 Å². The smallest absolute Gasteiger partial charge is 0.211 e. The lowest BCUT2D eigenvalue weighted by Gasteiger charge is -2.37. The van der Waals surface area contributed by atoms with Crippen molar-refractivity contribution in [2.45, 2.75) is 25.8 Å². The number of amides is 1. The molecule has 0 atom stereocenters. The molecule has 1 aromatic carbocycles. The molecule has 2 rings (SSSR count). The zero-order valence-electron chi connectivity index (χ0n) is 12.0. The van der Waals surface area contributed by atoms with E-state index in [0.717, 1.165) is 36.4 Å². The molecule has 0 unspecified atom stereocenters. The topological polar surface area (TPSA) is 35.6 Å². The number of carbonyl (C=O) groups excluding carboxylic acids is 1. The predicted molar refractivity (Wildman–Crippen MR) is 79.8 cm³/mol. The van der Waals surface area contributed by atoms with Crippen LogP contribution in [0, 0.1) is 6.92 Å². The second kappa shape index (κ2) is 6.06. The van der Waals surface area contributed by atoms with E-state index in [4.69, 9.17) is 0 Å². The zero-order chi connectivity index (χ0) is 13.8. The summed E-state index contributed by atoms with van der Waals surface area (Å²) in [6, 6.07) is 6.76. The van der Waals surface area contributed by atoms with Crippen LogP contribution in [0.25, 0.3) is 0 Å². The fourth-order valence-electron chi connectivity index (χ4n) is 2.72. The van der Waals surface area contributed by atoms with Gasteiger partial charge in [0.05, 0.1) is 11.4 Å². The summed E-state index contributed by atoms with van der Waals surface area (Å²) in [5.41, 5.74) is 3.16. The highest BCUT2D eigenvalue weighted by Gasteiger charge is 2.22. The maximum absolute atomic E-state index is 10.7. The first kappa shape index (κ1) is 13.9. The van der Waals surface area contributed by atoms with Crippen LogP contribution in [0.3, 0.4) is 0 Å². The lowest BCUT2D eigenvalue weighted by molar-refractivity contribution is -0.105. The highest BCUT2D eigenvalue weighted by Crippen LogP contribution is 2.29. The number of aryl methyl sites for hydroxylation is 1. The van der Waals surface area contributed by atoms with Crippen molar-refractivity contribution >= 4 is 17.8 Å². The lowest BCUT2D eigenvalue weighted by atomic mass is 10.0. The Balaban J connectivity index is 2.18. The Morgan fingerprint density at radius 1 is 1.37 bits per heavy atom. The minimum atomic E-state index is 0.547. The summed E-state index contributed by atoms with van der Waals surface area (Å²) in [6.45, 7) is 4.31. The van der Waals surface area contributed by atoms with Crippen molar-refractivity contribution in [1.82, 2.24) is 4.90 Å². The molecule has 0 radical (unpaired) electrons. The van der Waals surface area contributed by atoms with Crippen LogP contribution in [0.2, 0.25) is 0 Å². The molecule has 0 spiro atoms. The van der Waals surface area contributed by atoms with Gasteiger partial charge in [0.15, 0.2) is 0 Å². The Morgan fingerprint density at radius 2 is 2.05 bits per heavy atom. The average Bonchev–Trinajstić information content (AvgIpc) is 2.39. The van der Waals surface area contributed by atoms with E-state index in [9.17, 15) is 4.79 Å². The van der Waals surface area contributed by atoms with Gasteiger partial charge in [0, 0.05) is 13.1 Å². The first-order valence-corrected chi connectivity index (χ1v) is 6.84. The summed E-state index contributed by atoms with van der Waals surface area (Å²) in [5, 5.41) is 2.81. The Labute approximate surface area is 115 Å². The van der Waals surface area contributed by atoms with Crippen LogP contribution < -0.4 is 10.2 Å². The second-order valence-electron chi connectivity index (χ2n) is 5.43. The van der Waals surface area contributed by atoms with Crippen molar-refractivity contribution in [3.8, 4) is 0 Å². The maximum atomic E-state index is 10.7. The highest BCUT2D eigenvalue weighted by atomic mass is 16.1. The molecule has 1 N–H and O–H groups in total. The third-order valence-corrected chi connectivity index (χ3v) is 3.98. The highest BCUT2D eigenvalue weighted by molar-refractivity contribution is 5.81. The van der Waals surface area contributed by atoms with E-state index in [-0.39, 0.29) is 0 Å².